The van der Waals surface area contributed by atoms with Gasteiger partial charge in [0.15, 0.2) is 0 Å². The largest absolute Gasteiger partial charge is 0.444 e. The zero-order valence-corrected chi connectivity index (χ0v) is 16.6. The van der Waals surface area contributed by atoms with Crippen molar-refractivity contribution < 1.29 is 9.53 Å². The molecule has 25 heavy (non-hydrogen) atoms. The molecule has 0 radical (unpaired) electrons. The molecule has 2 aromatic rings. The van der Waals surface area contributed by atoms with Gasteiger partial charge in [-0.2, -0.15) is 0 Å². The van der Waals surface area contributed by atoms with Gasteiger partial charge in [0.05, 0.1) is 21.6 Å². The van der Waals surface area contributed by atoms with Crippen molar-refractivity contribution in [2.24, 2.45) is 0 Å². The number of amides is 1. The third-order valence-corrected chi connectivity index (χ3v) is 6.15. The second-order valence-electron chi connectivity index (χ2n) is 7.20. The molecule has 0 aliphatic carbocycles. The Balaban J connectivity index is 1.77. The maximum Gasteiger partial charge on any atom is 0.412 e. The van der Waals surface area contributed by atoms with E-state index in [9.17, 15) is 4.79 Å². The van der Waals surface area contributed by atoms with Gasteiger partial charge in [-0.25, -0.2) is 4.79 Å². The van der Waals surface area contributed by atoms with Crippen LogP contribution in [0.3, 0.4) is 0 Å². The summed E-state index contributed by atoms with van der Waals surface area (Å²) in [6.07, 6.45) is 0.611. The Kier molecular flexibility index (Phi) is 5.29. The van der Waals surface area contributed by atoms with Crippen LogP contribution in [0, 0.1) is 0 Å². The van der Waals surface area contributed by atoms with E-state index < -0.39 is 11.7 Å². The summed E-state index contributed by atoms with van der Waals surface area (Å²) in [6.45, 7) is 7.83. The van der Waals surface area contributed by atoms with Gasteiger partial charge in [-0.05, 0) is 56.3 Å². The van der Waals surface area contributed by atoms with Gasteiger partial charge in [0.2, 0.25) is 0 Å². The highest BCUT2D eigenvalue weighted by Gasteiger charge is 2.27. The summed E-state index contributed by atoms with van der Waals surface area (Å²) in [6, 6.07) is 10.2. The smallest absolute Gasteiger partial charge is 0.412 e. The molecule has 0 saturated heterocycles. The summed E-state index contributed by atoms with van der Waals surface area (Å²) in [5, 5.41) is 9.19. The number of ether oxygens (including phenoxy) is 1. The molecule has 0 bridgehead atoms. The lowest BCUT2D eigenvalue weighted by Crippen LogP contribution is -2.27. The quantitative estimate of drug-likeness (QED) is 0.676. The first-order valence-corrected chi connectivity index (χ1v) is 10.2. The molecule has 2 heterocycles. The fourth-order valence-electron chi connectivity index (χ4n) is 2.81. The number of carbonyl (C=O) groups excluding carboxylic acids is 1. The zero-order valence-electron chi connectivity index (χ0n) is 15.0. The van der Waals surface area contributed by atoms with E-state index in [4.69, 9.17) is 4.74 Å². The van der Waals surface area contributed by atoms with E-state index in [1.54, 1.807) is 11.3 Å². The van der Waals surface area contributed by atoms with E-state index in [2.05, 4.69) is 29.0 Å². The van der Waals surface area contributed by atoms with Crippen LogP contribution in [-0.2, 0) is 4.74 Å². The molecule has 3 rings (SSSR count). The summed E-state index contributed by atoms with van der Waals surface area (Å²) in [4.78, 5) is 12.1. The predicted octanol–water partition coefficient (Wildman–Crippen LogP) is 6.13. The van der Waals surface area contributed by atoms with Crippen molar-refractivity contribution >= 4 is 40.6 Å². The number of hydrogen-bond acceptors (Lipinski definition) is 5. The number of rotatable bonds is 3. The van der Waals surface area contributed by atoms with Gasteiger partial charge >= 0.3 is 6.09 Å². The minimum absolute atomic E-state index is 0.249. The molecule has 1 aliphatic heterocycles. The average molecular weight is 377 g/mol. The van der Waals surface area contributed by atoms with E-state index in [1.165, 1.54) is 9.77 Å². The minimum atomic E-state index is -0.520. The van der Waals surface area contributed by atoms with Crippen LogP contribution in [0.15, 0.2) is 39.9 Å². The second-order valence-corrected chi connectivity index (χ2v) is 9.82. The molecule has 4 nitrogen and oxygen atoms in total. The van der Waals surface area contributed by atoms with Gasteiger partial charge in [0.1, 0.15) is 5.60 Å². The number of thiophene rings is 1. The van der Waals surface area contributed by atoms with Crippen molar-refractivity contribution in [3.63, 3.8) is 0 Å². The lowest BCUT2D eigenvalue weighted by Gasteiger charge is -2.29. The molecular formula is C19H24N2O2S2. The van der Waals surface area contributed by atoms with Crippen LogP contribution in [0.1, 0.15) is 45.7 Å². The Morgan fingerprint density at radius 2 is 1.92 bits per heavy atom. The van der Waals surface area contributed by atoms with Crippen LogP contribution < -0.4 is 10.6 Å². The number of fused-ring (bicyclic) bond motifs is 1. The number of benzene rings is 1. The number of para-hydroxylation sites is 2. The van der Waals surface area contributed by atoms with E-state index in [1.807, 2.05) is 56.8 Å². The van der Waals surface area contributed by atoms with Crippen LogP contribution in [0.4, 0.5) is 16.2 Å². The van der Waals surface area contributed by atoms with Crippen molar-refractivity contribution in [1.29, 1.82) is 0 Å². The van der Waals surface area contributed by atoms with Gasteiger partial charge in [-0.3, -0.25) is 5.32 Å². The third-order valence-electron chi connectivity index (χ3n) is 3.80. The maximum absolute atomic E-state index is 12.1. The molecule has 1 aromatic carbocycles. The zero-order chi connectivity index (χ0) is 18.0. The Labute approximate surface area is 157 Å². The lowest BCUT2D eigenvalue weighted by molar-refractivity contribution is 0.0636. The summed E-state index contributed by atoms with van der Waals surface area (Å²) >= 11 is 3.74. The van der Waals surface area contributed by atoms with E-state index >= 15 is 0 Å². The van der Waals surface area contributed by atoms with Gasteiger partial charge in [0.25, 0.3) is 0 Å². The number of carbonyl (C=O) groups is 1. The lowest BCUT2D eigenvalue weighted by atomic mass is 10.0. The van der Waals surface area contributed by atoms with Crippen LogP contribution in [0.25, 0.3) is 0 Å². The molecule has 2 atom stereocenters. The molecule has 6 heteroatoms. The Bertz CT molecular complexity index is 752. The highest BCUT2D eigenvalue weighted by Crippen LogP contribution is 2.45. The molecule has 1 aliphatic rings. The molecule has 1 amide bonds. The first-order chi connectivity index (χ1) is 11.8. The first kappa shape index (κ1) is 18.1. The van der Waals surface area contributed by atoms with Crippen molar-refractivity contribution in [1.82, 2.24) is 0 Å². The normalized spacial score (nSPS) is 19.8. The number of nitrogens with one attached hydrogen (secondary N) is 2. The molecule has 134 valence electrons. The Morgan fingerprint density at radius 1 is 1.20 bits per heavy atom. The summed E-state index contributed by atoms with van der Waals surface area (Å²) in [5.41, 5.74) is 2.47. The second kappa shape index (κ2) is 7.30. The monoisotopic (exact) mass is 376 g/mol. The number of hydrogen-bond donors (Lipinski definition) is 2. The SMILES string of the molecule is C[C@H]1CC(Nc2ccccc2NC(=O)OC(C)(C)C)c2ccsc2S1. The minimum Gasteiger partial charge on any atom is -0.444 e. The molecule has 2 N–H and O–H groups in total. The topological polar surface area (TPSA) is 50.4 Å². The molecule has 0 fully saturated rings. The Hall–Kier alpha value is -1.66. The fraction of sp³-hybridized carbons (Fsp3) is 0.421. The van der Waals surface area contributed by atoms with Gasteiger partial charge in [-0.1, -0.05) is 19.1 Å². The summed E-state index contributed by atoms with van der Waals surface area (Å²) < 4.78 is 6.75. The molecule has 1 aromatic heterocycles. The van der Waals surface area contributed by atoms with Gasteiger partial charge < -0.3 is 10.1 Å². The standard InChI is InChI=1S/C19H24N2O2S2/c1-12-11-16(13-9-10-24-17(13)25-12)20-14-7-5-6-8-15(14)21-18(22)23-19(2,3)4/h5-10,12,16,20H,11H2,1-4H3,(H,21,22)/t12-,16?/m0/s1. The number of thioether (sulfide) groups is 1. The maximum atomic E-state index is 12.1. The van der Waals surface area contributed by atoms with E-state index in [-0.39, 0.29) is 6.04 Å². The summed E-state index contributed by atoms with van der Waals surface area (Å²) in [5.74, 6) is 0. The van der Waals surface area contributed by atoms with Crippen molar-refractivity contribution in [2.75, 3.05) is 10.6 Å². The third kappa shape index (κ3) is 4.70. The summed E-state index contributed by atoms with van der Waals surface area (Å²) in [7, 11) is 0. The molecule has 0 spiro atoms. The Morgan fingerprint density at radius 3 is 2.64 bits per heavy atom. The van der Waals surface area contributed by atoms with Gasteiger partial charge in [-0.15, -0.1) is 23.1 Å². The van der Waals surface area contributed by atoms with Crippen molar-refractivity contribution in [3.8, 4) is 0 Å². The van der Waals surface area contributed by atoms with Gasteiger partial charge in [0, 0.05) is 5.25 Å². The van der Waals surface area contributed by atoms with Crippen LogP contribution in [0.5, 0.6) is 0 Å². The fourth-order valence-corrected chi connectivity index (χ4v) is 5.37. The van der Waals surface area contributed by atoms with Crippen LogP contribution in [-0.4, -0.2) is 16.9 Å². The molecular weight excluding hydrogens is 352 g/mol. The highest BCUT2D eigenvalue weighted by atomic mass is 32.2. The van der Waals surface area contributed by atoms with Crippen LogP contribution in [0.2, 0.25) is 0 Å². The average Bonchev–Trinajstić information content (AvgIpc) is 2.95. The first-order valence-electron chi connectivity index (χ1n) is 8.41. The van der Waals surface area contributed by atoms with Crippen molar-refractivity contribution in [2.45, 2.75) is 55.2 Å². The van der Waals surface area contributed by atoms with E-state index in [0.717, 1.165) is 17.8 Å². The predicted molar refractivity (Wildman–Crippen MR) is 107 cm³/mol. The number of anilines is 2. The van der Waals surface area contributed by atoms with Crippen molar-refractivity contribution in [3.05, 3.63) is 41.3 Å². The highest BCUT2D eigenvalue weighted by molar-refractivity contribution is 8.01. The molecule has 0 saturated carbocycles. The molecule has 1 unspecified atom stereocenters. The van der Waals surface area contributed by atoms with Crippen LogP contribution >= 0.6 is 23.1 Å². The van der Waals surface area contributed by atoms with E-state index in [0.29, 0.717) is 5.25 Å².